The van der Waals surface area contributed by atoms with Crippen LogP contribution in [0.2, 0.25) is 10.0 Å². The molecule has 0 N–H and O–H groups in total. The van der Waals surface area contributed by atoms with Crippen molar-refractivity contribution >= 4 is 29.0 Å². The van der Waals surface area contributed by atoms with E-state index in [4.69, 9.17) is 27.6 Å². The molecule has 0 saturated carbocycles. The predicted molar refractivity (Wildman–Crippen MR) is 72.6 cm³/mol. The molecule has 0 radical (unpaired) electrons. The fourth-order valence-electron chi connectivity index (χ4n) is 1.74. The number of hydrogen-bond acceptors (Lipinski definition) is 3. The second-order valence-corrected chi connectivity index (χ2v) is 4.88. The first-order valence-electron chi connectivity index (χ1n) is 5.47. The third kappa shape index (κ3) is 2.81. The average Bonchev–Trinajstić information content (AvgIpc) is 2.79. The second kappa shape index (κ2) is 5.48. The highest BCUT2D eigenvalue weighted by Gasteiger charge is 2.25. The van der Waals surface area contributed by atoms with Crippen LogP contribution in [-0.4, -0.2) is 5.78 Å². The molecule has 0 saturated heterocycles. The molecule has 5 heteroatoms. The lowest BCUT2D eigenvalue weighted by Crippen LogP contribution is -2.11. The second-order valence-electron chi connectivity index (χ2n) is 4.04. The lowest BCUT2D eigenvalue weighted by atomic mass is 9.93. The Morgan fingerprint density at radius 1 is 1.37 bits per heavy atom. The van der Waals surface area contributed by atoms with Crippen molar-refractivity contribution in [1.82, 2.24) is 0 Å². The summed E-state index contributed by atoms with van der Waals surface area (Å²) in [5.41, 5.74) is 0.799. The lowest BCUT2D eigenvalue weighted by Gasteiger charge is -2.09. The Balaban J connectivity index is 2.40. The van der Waals surface area contributed by atoms with E-state index in [0.717, 1.165) is 0 Å². The Bertz CT molecular complexity index is 670. The van der Waals surface area contributed by atoms with Gasteiger partial charge in [0.15, 0.2) is 5.78 Å². The number of furan rings is 1. The fourth-order valence-corrected chi connectivity index (χ4v) is 2.26. The molecule has 2 rings (SSSR count). The van der Waals surface area contributed by atoms with Crippen molar-refractivity contribution in [3.63, 3.8) is 0 Å². The first-order chi connectivity index (χ1) is 9.02. The largest absolute Gasteiger partial charge is 0.469 e. The number of aryl methyl sites for hydroxylation is 1. The zero-order valence-corrected chi connectivity index (χ0v) is 11.5. The van der Waals surface area contributed by atoms with Crippen LogP contribution < -0.4 is 0 Å². The number of Topliss-reactive ketones (excluding diaryl/α,β-unsaturated/α-hetero) is 1. The molecule has 19 heavy (non-hydrogen) atoms. The SMILES string of the molecule is Cc1cc(C(=O)C(C#N)c2ccc(Cl)cc2Cl)co1. The summed E-state index contributed by atoms with van der Waals surface area (Å²) in [5.74, 6) is -0.701. The van der Waals surface area contributed by atoms with Crippen molar-refractivity contribution in [2.24, 2.45) is 0 Å². The number of carbonyl (C=O) groups is 1. The molecule has 1 atom stereocenters. The summed E-state index contributed by atoms with van der Waals surface area (Å²) < 4.78 is 5.08. The smallest absolute Gasteiger partial charge is 0.187 e. The molecule has 3 nitrogen and oxygen atoms in total. The van der Waals surface area contributed by atoms with Gasteiger partial charge in [-0.05, 0) is 30.7 Å². The van der Waals surface area contributed by atoms with E-state index in [9.17, 15) is 10.1 Å². The number of hydrogen-bond donors (Lipinski definition) is 0. The van der Waals surface area contributed by atoms with E-state index in [1.165, 1.54) is 12.3 Å². The average molecular weight is 294 g/mol. The number of nitriles is 1. The molecule has 96 valence electrons. The molecule has 0 aliphatic carbocycles. The number of rotatable bonds is 3. The number of nitrogens with zero attached hydrogens (tertiary/aromatic N) is 1. The zero-order valence-electron chi connectivity index (χ0n) is 9.98. The maximum atomic E-state index is 12.3. The molecule has 0 amide bonds. The van der Waals surface area contributed by atoms with Crippen molar-refractivity contribution in [3.05, 3.63) is 57.5 Å². The lowest BCUT2D eigenvalue weighted by molar-refractivity contribution is 0.0978. The molecule has 1 aromatic heterocycles. The van der Waals surface area contributed by atoms with Crippen LogP contribution in [0.1, 0.15) is 27.6 Å². The van der Waals surface area contributed by atoms with Crippen molar-refractivity contribution in [3.8, 4) is 6.07 Å². The Morgan fingerprint density at radius 2 is 2.11 bits per heavy atom. The molecule has 0 bridgehead atoms. The highest BCUT2D eigenvalue weighted by molar-refractivity contribution is 6.35. The van der Waals surface area contributed by atoms with Gasteiger partial charge in [-0.25, -0.2) is 0 Å². The van der Waals surface area contributed by atoms with Crippen molar-refractivity contribution in [1.29, 1.82) is 5.26 Å². The number of benzene rings is 1. The van der Waals surface area contributed by atoms with Gasteiger partial charge in [0, 0.05) is 10.0 Å². The van der Waals surface area contributed by atoms with Crippen molar-refractivity contribution < 1.29 is 9.21 Å². The minimum Gasteiger partial charge on any atom is -0.469 e. The predicted octanol–water partition coefficient (Wildman–Crippen LogP) is 4.38. The van der Waals surface area contributed by atoms with Gasteiger partial charge >= 0.3 is 0 Å². The fraction of sp³-hybridized carbons (Fsp3) is 0.143. The summed E-state index contributed by atoms with van der Waals surface area (Å²) in [6, 6.07) is 8.26. The number of halogens is 2. The van der Waals surface area contributed by atoms with E-state index in [1.54, 1.807) is 25.1 Å². The van der Waals surface area contributed by atoms with Gasteiger partial charge in [0.05, 0.1) is 11.6 Å². The third-order valence-electron chi connectivity index (χ3n) is 2.68. The van der Waals surface area contributed by atoms with Gasteiger partial charge in [0.25, 0.3) is 0 Å². The molecular formula is C14H9Cl2NO2. The molecule has 2 aromatic rings. The number of ketones is 1. The van der Waals surface area contributed by atoms with Gasteiger partial charge in [-0.2, -0.15) is 5.26 Å². The highest BCUT2D eigenvalue weighted by Crippen LogP contribution is 2.30. The highest BCUT2D eigenvalue weighted by atomic mass is 35.5. The van der Waals surface area contributed by atoms with E-state index in [-0.39, 0.29) is 5.78 Å². The van der Waals surface area contributed by atoms with Crippen molar-refractivity contribution in [2.75, 3.05) is 0 Å². The number of carbonyl (C=O) groups excluding carboxylic acids is 1. The van der Waals surface area contributed by atoms with Crippen LogP contribution in [0.5, 0.6) is 0 Å². The Morgan fingerprint density at radius 3 is 2.63 bits per heavy atom. The summed E-state index contributed by atoms with van der Waals surface area (Å²) in [6.07, 6.45) is 1.34. The molecule has 0 fully saturated rings. The maximum absolute atomic E-state index is 12.3. The zero-order chi connectivity index (χ0) is 14.0. The molecule has 1 heterocycles. The van der Waals surface area contributed by atoms with E-state index >= 15 is 0 Å². The third-order valence-corrected chi connectivity index (χ3v) is 3.24. The first kappa shape index (κ1) is 13.7. The van der Waals surface area contributed by atoms with Gasteiger partial charge in [-0.1, -0.05) is 29.3 Å². The van der Waals surface area contributed by atoms with Gasteiger partial charge in [0.1, 0.15) is 17.9 Å². The van der Waals surface area contributed by atoms with E-state index < -0.39 is 5.92 Å². The summed E-state index contributed by atoms with van der Waals surface area (Å²) in [7, 11) is 0. The summed E-state index contributed by atoms with van der Waals surface area (Å²) in [5, 5.41) is 9.97. The van der Waals surface area contributed by atoms with Crippen LogP contribution in [0, 0.1) is 18.3 Å². The van der Waals surface area contributed by atoms with Crippen LogP contribution in [0.3, 0.4) is 0 Å². The topological polar surface area (TPSA) is 54.0 Å². The molecular weight excluding hydrogens is 285 g/mol. The van der Waals surface area contributed by atoms with Crippen LogP contribution >= 0.6 is 23.2 Å². The molecule has 1 aromatic carbocycles. The summed E-state index contributed by atoms with van der Waals surface area (Å²) >= 11 is 11.8. The van der Waals surface area contributed by atoms with E-state index in [2.05, 4.69) is 0 Å². The standard InChI is InChI=1S/C14H9Cl2NO2/c1-8-4-9(7-19-8)14(18)12(6-17)11-3-2-10(15)5-13(11)16/h2-5,7,12H,1H3. The van der Waals surface area contributed by atoms with Gasteiger partial charge in [-0.3, -0.25) is 4.79 Å². The van der Waals surface area contributed by atoms with Crippen LogP contribution in [-0.2, 0) is 0 Å². The molecule has 0 spiro atoms. The van der Waals surface area contributed by atoms with E-state index in [1.807, 2.05) is 6.07 Å². The Hall–Kier alpha value is -1.76. The Labute approximate surface area is 120 Å². The minimum absolute atomic E-state index is 0.299. The van der Waals surface area contributed by atoms with Gasteiger partial charge in [0.2, 0.25) is 0 Å². The molecule has 1 unspecified atom stereocenters. The molecule has 0 aliphatic rings. The first-order valence-corrected chi connectivity index (χ1v) is 6.22. The summed E-state index contributed by atoms with van der Waals surface area (Å²) in [4.78, 5) is 12.3. The van der Waals surface area contributed by atoms with Crippen LogP contribution in [0.15, 0.2) is 34.9 Å². The maximum Gasteiger partial charge on any atom is 0.187 e. The van der Waals surface area contributed by atoms with Gasteiger partial charge < -0.3 is 4.42 Å². The molecule has 0 aliphatic heterocycles. The Kier molecular flexibility index (Phi) is 3.94. The van der Waals surface area contributed by atoms with Crippen LogP contribution in [0.4, 0.5) is 0 Å². The van der Waals surface area contributed by atoms with Crippen molar-refractivity contribution in [2.45, 2.75) is 12.8 Å². The normalized spacial score (nSPS) is 11.9. The minimum atomic E-state index is -0.971. The monoisotopic (exact) mass is 293 g/mol. The van der Waals surface area contributed by atoms with Gasteiger partial charge in [-0.15, -0.1) is 0 Å². The summed E-state index contributed by atoms with van der Waals surface area (Å²) in [6.45, 7) is 1.73. The van der Waals surface area contributed by atoms with E-state index in [0.29, 0.717) is 26.9 Å². The quantitative estimate of drug-likeness (QED) is 0.789. The van der Waals surface area contributed by atoms with Crippen LogP contribution in [0.25, 0.3) is 0 Å².